The summed E-state index contributed by atoms with van der Waals surface area (Å²) >= 11 is 5.90. The third-order valence-corrected chi connectivity index (χ3v) is 3.86. The number of halogens is 1. The number of hydrogen-bond donors (Lipinski definition) is 2. The van der Waals surface area contributed by atoms with Gasteiger partial charge in [0.2, 0.25) is 0 Å². The van der Waals surface area contributed by atoms with E-state index in [0.29, 0.717) is 11.6 Å². The van der Waals surface area contributed by atoms with Gasteiger partial charge in [-0.25, -0.2) is 14.8 Å². The first-order valence-corrected chi connectivity index (χ1v) is 8.64. The molecule has 26 heavy (non-hydrogen) atoms. The number of carbonyl (C=O) groups excluding carboxylic acids is 2. The molecule has 138 valence electrons. The predicted molar refractivity (Wildman–Crippen MR) is 98.8 cm³/mol. The van der Waals surface area contributed by atoms with Crippen LogP contribution in [0.4, 0.5) is 4.79 Å². The van der Waals surface area contributed by atoms with E-state index in [2.05, 4.69) is 20.6 Å². The minimum absolute atomic E-state index is 0.281. The first kappa shape index (κ1) is 19.7. The van der Waals surface area contributed by atoms with Gasteiger partial charge >= 0.3 is 6.09 Å². The zero-order valence-electron chi connectivity index (χ0n) is 14.5. The van der Waals surface area contributed by atoms with Crippen LogP contribution in [-0.2, 0) is 16.0 Å². The molecule has 0 aliphatic rings. The molecule has 0 fully saturated rings. The molecule has 2 N–H and O–H groups in total. The summed E-state index contributed by atoms with van der Waals surface area (Å²) in [5, 5.41) is 5.66. The van der Waals surface area contributed by atoms with Crippen molar-refractivity contribution in [1.29, 1.82) is 0 Å². The van der Waals surface area contributed by atoms with Crippen LogP contribution >= 0.6 is 11.6 Å². The lowest BCUT2D eigenvalue weighted by molar-refractivity contribution is -0.123. The summed E-state index contributed by atoms with van der Waals surface area (Å²) in [6.45, 7) is 0.193. The van der Waals surface area contributed by atoms with Gasteiger partial charge < -0.3 is 15.4 Å². The van der Waals surface area contributed by atoms with E-state index in [1.54, 1.807) is 6.33 Å². The Kier molecular flexibility index (Phi) is 7.82. The number of amides is 2. The third kappa shape index (κ3) is 6.68. The molecule has 0 saturated carbocycles. The molecule has 2 amide bonds. The SMILES string of the molecule is CNC(=O)COC(=O)NCCCCc1cc(-c2ccc(Cl)cc2)ncn1. The molecular formula is C18H21ClN4O3. The number of rotatable bonds is 8. The highest BCUT2D eigenvalue weighted by Crippen LogP contribution is 2.20. The molecule has 1 aromatic carbocycles. The molecule has 2 rings (SSSR count). The summed E-state index contributed by atoms with van der Waals surface area (Å²) in [7, 11) is 1.48. The minimum atomic E-state index is -0.597. The molecule has 0 unspecified atom stereocenters. The Hall–Kier alpha value is -2.67. The maximum atomic E-state index is 11.4. The zero-order chi connectivity index (χ0) is 18.8. The smallest absolute Gasteiger partial charge is 0.407 e. The summed E-state index contributed by atoms with van der Waals surface area (Å²) in [5.41, 5.74) is 2.77. The lowest BCUT2D eigenvalue weighted by atomic mass is 10.1. The highest BCUT2D eigenvalue weighted by atomic mass is 35.5. The average molecular weight is 377 g/mol. The lowest BCUT2D eigenvalue weighted by Gasteiger charge is -2.07. The number of aryl methyl sites for hydroxylation is 1. The fourth-order valence-corrected chi connectivity index (χ4v) is 2.31. The van der Waals surface area contributed by atoms with Crippen molar-refractivity contribution < 1.29 is 14.3 Å². The van der Waals surface area contributed by atoms with Crippen molar-refractivity contribution in [2.45, 2.75) is 19.3 Å². The van der Waals surface area contributed by atoms with Gasteiger partial charge in [-0.15, -0.1) is 0 Å². The number of unbranched alkanes of at least 4 members (excludes halogenated alkanes) is 1. The molecule has 0 aliphatic heterocycles. The van der Waals surface area contributed by atoms with Gasteiger partial charge in [-0.05, 0) is 37.5 Å². The molecule has 8 heteroatoms. The van der Waals surface area contributed by atoms with Crippen LogP contribution in [0.1, 0.15) is 18.5 Å². The summed E-state index contributed by atoms with van der Waals surface area (Å²) in [6, 6.07) is 9.45. The second-order valence-electron chi connectivity index (χ2n) is 5.53. The maximum Gasteiger partial charge on any atom is 0.407 e. The number of carbonyl (C=O) groups is 2. The van der Waals surface area contributed by atoms with E-state index in [-0.39, 0.29) is 12.5 Å². The Morgan fingerprint density at radius 3 is 2.65 bits per heavy atom. The van der Waals surface area contributed by atoms with E-state index in [0.717, 1.165) is 36.2 Å². The van der Waals surface area contributed by atoms with Gasteiger partial charge in [0.25, 0.3) is 5.91 Å². The number of likely N-dealkylation sites (N-methyl/N-ethyl adjacent to an activating group) is 1. The zero-order valence-corrected chi connectivity index (χ0v) is 15.3. The van der Waals surface area contributed by atoms with Crippen LogP contribution < -0.4 is 10.6 Å². The van der Waals surface area contributed by atoms with E-state index < -0.39 is 6.09 Å². The first-order chi connectivity index (χ1) is 12.6. The van der Waals surface area contributed by atoms with E-state index in [1.165, 1.54) is 7.05 Å². The van der Waals surface area contributed by atoms with Gasteiger partial charge in [-0.1, -0.05) is 23.7 Å². The highest BCUT2D eigenvalue weighted by molar-refractivity contribution is 6.30. The van der Waals surface area contributed by atoms with Crippen molar-refractivity contribution in [2.24, 2.45) is 0 Å². The largest absolute Gasteiger partial charge is 0.439 e. The van der Waals surface area contributed by atoms with Crippen molar-refractivity contribution in [2.75, 3.05) is 20.2 Å². The maximum absolute atomic E-state index is 11.4. The van der Waals surface area contributed by atoms with Gasteiger partial charge in [0, 0.05) is 29.9 Å². The number of nitrogens with zero attached hydrogens (tertiary/aromatic N) is 2. The number of aromatic nitrogens is 2. The Labute approximate surface area is 157 Å². The van der Waals surface area contributed by atoms with Gasteiger partial charge in [-0.3, -0.25) is 4.79 Å². The van der Waals surface area contributed by atoms with E-state index >= 15 is 0 Å². The quantitative estimate of drug-likeness (QED) is 0.691. The molecule has 1 aromatic heterocycles. The highest BCUT2D eigenvalue weighted by Gasteiger charge is 2.05. The van der Waals surface area contributed by atoms with Crippen molar-refractivity contribution >= 4 is 23.6 Å². The van der Waals surface area contributed by atoms with Crippen LogP contribution in [-0.4, -0.2) is 42.2 Å². The second-order valence-corrected chi connectivity index (χ2v) is 5.97. The Bertz CT molecular complexity index is 737. The normalized spacial score (nSPS) is 10.2. The molecular weight excluding hydrogens is 356 g/mol. The lowest BCUT2D eigenvalue weighted by Crippen LogP contribution is -2.31. The average Bonchev–Trinajstić information content (AvgIpc) is 2.66. The standard InChI is InChI=1S/C18H21ClN4O3/c1-20-17(24)11-26-18(25)21-9-3-2-4-15-10-16(23-12-22-15)13-5-7-14(19)8-6-13/h5-8,10,12H,2-4,9,11H2,1H3,(H,20,24)(H,21,25). The fraction of sp³-hybridized carbons (Fsp3) is 0.333. The molecule has 0 spiro atoms. The first-order valence-electron chi connectivity index (χ1n) is 8.26. The molecule has 0 saturated heterocycles. The number of nitrogens with one attached hydrogen (secondary N) is 2. The third-order valence-electron chi connectivity index (χ3n) is 3.61. The predicted octanol–water partition coefficient (Wildman–Crippen LogP) is 2.59. The molecule has 2 aromatic rings. The van der Waals surface area contributed by atoms with Crippen LogP contribution in [0.25, 0.3) is 11.3 Å². The van der Waals surface area contributed by atoms with E-state index in [4.69, 9.17) is 16.3 Å². The van der Waals surface area contributed by atoms with E-state index in [9.17, 15) is 9.59 Å². The topological polar surface area (TPSA) is 93.2 Å². The Balaban J connectivity index is 1.71. The van der Waals surface area contributed by atoms with Gasteiger partial charge in [0.05, 0.1) is 5.69 Å². The second kappa shape index (κ2) is 10.4. The van der Waals surface area contributed by atoms with Crippen LogP contribution in [0.15, 0.2) is 36.7 Å². The fourth-order valence-electron chi connectivity index (χ4n) is 2.19. The van der Waals surface area contributed by atoms with Crippen LogP contribution in [0.5, 0.6) is 0 Å². The number of benzene rings is 1. The monoisotopic (exact) mass is 376 g/mol. The molecule has 7 nitrogen and oxygen atoms in total. The van der Waals surface area contributed by atoms with Gasteiger partial charge in [-0.2, -0.15) is 0 Å². The molecule has 0 bridgehead atoms. The molecule has 0 radical (unpaired) electrons. The molecule has 0 aliphatic carbocycles. The van der Waals surface area contributed by atoms with Crippen LogP contribution in [0.2, 0.25) is 5.02 Å². The summed E-state index contributed by atoms with van der Waals surface area (Å²) in [5.74, 6) is -0.347. The minimum Gasteiger partial charge on any atom is -0.439 e. The van der Waals surface area contributed by atoms with Crippen LogP contribution in [0.3, 0.4) is 0 Å². The molecule has 1 heterocycles. The van der Waals surface area contributed by atoms with E-state index in [1.807, 2.05) is 30.3 Å². The summed E-state index contributed by atoms with van der Waals surface area (Å²) in [6.07, 6.45) is 3.36. The van der Waals surface area contributed by atoms with Crippen molar-refractivity contribution in [1.82, 2.24) is 20.6 Å². The Morgan fingerprint density at radius 2 is 1.92 bits per heavy atom. The van der Waals surface area contributed by atoms with Gasteiger partial charge in [0.1, 0.15) is 6.33 Å². The van der Waals surface area contributed by atoms with Crippen molar-refractivity contribution in [3.63, 3.8) is 0 Å². The Morgan fingerprint density at radius 1 is 1.15 bits per heavy atom. The number of hydrogen-bond acceptors (Lipinski definition) is 5. The summed E-state index contributed by atoms with van der Waals surface area (Å²) < 4.78 is 4.74. The van der Waals surface area contributed by atoms with Crippen LogP contribution in [0, 0.1) is 0 Å². The van der Waals surface area contributed by atoms with Gasteiger partial charge in [0.15, 0.2) is 6.61 Å². The van der Waals surface area contributed by atoms with Crippen molar-refractivity contribution in [3.8, 4) is 11.3 Å². The van der Waals surface area contributed by atoms with Crippen molar-refractivity contribution in [3.05, 3.63) is 47.4 Å². The number of ether oxygens (including phenoxy) is 1. The molecule has 0 atom stereocenters. The summed E-state index contributed by atoms with van der Waals surface area (Å²) in [4.78, 5) is 30.9. The number of alkyl carbamates (subject to hydrolysis) is 1.